The predicted molar refractivity (Wildman–Crippen MR) is 260 cm³/mol. The minimum absolute atomic E-state index is 0.0706. The van der Waals surface area contributed by atoms with Crippen molar-refractivity contribution in [3.63, 3.8) is 0 Å². The number of hydrogen-bond acceptors (Lipinski definition) is 5. The van der Waals surface area contributed by atoms with Crippen LogP contribution in [0.25, 0.3) is 0 Å². The Bertz CT molecular complexity index is 1080. The van der Waals surface area contributed by atoms with Crippen LogP contribution in [-0.2, 0) is 23.8 Å². The fourth-order valence-electron chi connectivity index (χ4n) is 6.91. The molecule has 0 heterocycles. The Morgan fingerprint density at radius 3 is 1.28 bits per heavy atom. The van der Waals surface area contributed by atoms with Gasteiger partial charge < -0.3 is 14.2 Å². The van der Waals surface area contributed by atoms with E-state index in [0.29, 0.717) is 19.4 Å². The van der Waals surface area contributed by atoms with Gasteiger partial charge in [-0.2, -0.15) is 0 Å². The maximum Gasteiger partial charge on any atom is 0.306 e. The number of allylic oxidation sites excluding steroid dienone is 12. The molecule has 0 amide bonds. The summed E-state index contributed by atoms with van der Waals surface area (Å²) in [6, 6.07) is 0. The van der Waals surface area contributed by atoms with Gasteiger partial charge in [0.2, 0.25) is 0 Å². The molecule has 1 unspecified atom stereocenters. The molecule has 0 saturated carbocycles. The van der Waals surface area contributed by atoms with Gasteiger partial charge in [-0.05, 0) is 103 Å². The normalized spacial score (nSPS) is 12.8. The van der Waals surface area contributed by atoms with E-state index in [2.05, 4.69) is 93.7 Å². The van der Waals surface area contributed by atoms with Gasteiger partial charge in [-0.3, -0.25) is 9.59 Å². The number of hydrogen-bond donors (Lipinski definition) is 0. The van der Waals surface area contributed by atoms with Gasteiger partial charge in [0, 0.05) is 19.4 Å². The van der Waals surface area contributed by atoms with E-state index in [1.807, 2.05) is 0 Å². The van der Waals surface area contributed by atoms with E-state index in [1.54, 1.807) is 0 Å². The Morgan fingerprint density at radius 2 is 0.783 bits per heavy atom. The van der Waals surface area contributed by atoms with Crippen LogP contribution >= 0.6 is 0 Å². The van der Waals surface area contributed by atoms with Crippen LogP contribution in [0.1, 0.15) is 239 Å². The Morgan fingerprint density at radius 1 is 0.383 bits per heavy atom. The second-order valence-corrected chi connectivity index (χ2v) is 16.7. The predicted octanol–water partition coefficient (Wildman–Crippen LogP) is 17.1. The molecule has 0 radical (unpaired) electrons. The molecule has 5 heteroatoms. The van der Waals surface area contributed by atoms with Gasteiger partial charge in [-0.25, -0.2) is 0 Å². The van der Waals surface area contributed by atoms with Crippen LogP contribution in [0.4, 0.5) is 0 Å². The highest BCUT2D eigenvalue weighted by atomic mass is 16.6. The molecule has 0 rings (SSSR count). The third-order valence-electron chi connectivity index (χ3n) is 10.7. The first-order chi connectivity index (χ1) is 29.6. The first-order valence-corrected chi connectivity index (χ1v) is 25.5. The van der Waals surface area contributed by atoms with E-state index in [9.17, 15) is 9.59 Å². The number of esters is 2. The van der Waals surface area contributed by atoms with E-state index >= 15 is 0 Å². The number of unbranched alkanes of at least 4 members (excludes halogenated alkanes) is 23. The molecule has 0 aliphatic heterocycles. The Kier molecular flexibility index (Phi) is 48.4. The molecule has 5 nitrogen and oxygen atoms in total. The second kappa shape index (κ2) is 50.7. The highest BCUT2D eigenvalue weighted by Crippen LogP contribution is 2.14. The lowest BCUT2D eigenvalue weighted by Crippen LogP contribution is -2.30. The van der Waals surface area contributed by atoms with Gasteiger partial charge in [-0.15, -0.1) is 0 Å². The molecule has 1 atom stereocenters. The van der Waals surface area contributed by atoms with E-state index in [1.165, 1.54) is 116 Å². The molecule has 0 aromatic rings. The Hall–Kier alpha value is -2.66. The van der Waals surface area contributed by atoms with Gasteiger partial charge >= 0.3 is 11.9 Å². The van der Waals surface area contributed by atoms with Crippen LogP contribution in [-0.4, -0.2) is 37.9 Å². The van der Waals surface area contributed by atoms with E-state index in [-0.39, 0.29) is 25.2 Å². The average Bonchev–Trinajstić information content (AvgIpc) is 3.25. The quantitative estimate of drug-likeness (QED) is 0.0347. The SMILES string of the molecule is CC/C=C\C/C=C\C/C=C\CCCCCCCCCC(=O)OCC(COCCCCCCCC/C=C\C/C=C\CCC)OC(=O)CCCCCCC/C=C\CCCCCC. The van der Waals surface area contributed by atoms with Crippen LogP contribution in [0.15, 0.2) is 72.9 Å². The van der Waals surface area contributed by atoms with Crippen LogP contribution < -0.4 is 0 Å². The monoisotopic (exact) mass is 837 g/mol. The minimum atomic E-state index is -0.551. The van der Waals surface area contributed by atoms with Crippen molar-refractivity contribution < 1.29 is 23.8 Å². The van der Waals surface area contributed by atoms with E-state index in [0.717, 1.165) is 89.9 Å². The maximum atomic E-state index is 12.8. The topological polar surface area (TPSA) is 61.8 Å². The number of carbonyl (C=O) groups is 2. The third kappa shape index (κ3) is 48.0. The first-order valence-electron chi connectivity index (χ1n) is 25.5. The molecule has 0 saturated heterocycles. The van der Waals surface area contributed by atoms with Crippen molar-refractivity contribution in [2.24, 2.45) is 0 Å². The molecule has 0 aromatic carbocycles. The average molecular weight is 837 g/mol. The zero-order valence-corrected chi connectivity index (χ0v) is 39.7. The van der Waals surface area contributed by atoms with Crippen LogP contribution in [0, 0.1) is 0 Å². The summed E-state index contributed by atoms with van der Waals surface area (Å²) in [4.78, 5) is 25.4. The third-order valence-corrected chi connectivity index (χ3v) is 10.7. The lowest BCUT2D eigenvalue weighted by molar-refractivity contribution is -0.163. The highest BCUT2D eigenvalue weighted by Gasteiger charge is 2.17. The van der Waals surface area contributed by atoms with Crippen molar-refractivity contribution in [1.29, 1.82) is 0 Å². The molecule has 60 heavy (non-hydrogen) atoms. The van der Waals surface area contributed by atoms with Gasteiger partial charge in [0.15, 0.2) is 6.10 Å². The smallest absolute Gasteiger partial charge is 0.306 e. The number of ether oxygens (including phenoxy) is 3. The van der Waals surface area contributed by atoms with Gasteiger partial charge in [0.05, 0.1) is 6.61 Å². The summed E-state index contributed by atoms with van der Waals surface area (Å²) in [5, 5.41) is 0. The highest BCUT2D eigenvalue weighted by molar-refractivity contribution is 5.70. The van der Waals surface area contributed by atoms with Crippen molar-refractivity contribution in [3.8, 4) is 0 Å². The summed E-state index contributed by atoms with van der Waals surface area (Å²) in [7, 11) is 0. The summed E-state index contributed by atoms with van der Waals surface area (Å²) < 4.78 is 17.4. The largest absolute Gasteiger partial charge is 0.462 e. The van der Waals surface area contributed by atoms with Crippen LogP contribution in [0.2, 0.25) is 0 Å². The van der Waals surface area contributed by atoms with Crippen LogP contribution in [0.3, 0.4) is 0 Å². The Labute approximate surface area is 372 Å². The molecule has 0 aromatic heterocycles. The van der Waals surface area contributed by atoms with E-state index in [4.69, 9.17) is 14.2 Å². The lowest BCUT2D eigenvalue weighted by atomic mass is 10.1. The summed E-state index contributed by atoms with van der Waals surface area (Å²) in [6.45, 7) is 7.61. The van der Waals surface area contributed by atoms with Gasteiger partial charge in [0.1, 0.15) is 6.61 Å². The number of carbonyl (C=O) groups excluding carboxylic acids is 2. The summed E-state index contributed by atoms with van der Waals surface area (Å²) >= 11 is 0. The molecular weight excluding hydrogens is 741 g/mol. The standard InChI is InChI=1S/C55H96O5/c1-4-7-10-13-16-19-22-25-27-28-29-31-33-36-39-42-45-48-54(56)59-52-53(51-58-50-47-44-41-38-35-32-26-23-20-17-14-11-8-5-2)60-55(57)49-46-43-40-37-34-30-24-21-18-15-12-9-6-3/h7,10-11,14,16,19-21,23-25,27,53H,4-6,8-9,12-13,15,17-18,22,26,28-52H2,1-3H3/b10-7-,14-11-,19-16-,23-20-,24-21-,27-25-. The van der Waals surface area contributed by atoms with Crippen molar-refractivity contribution in [3.05, 3.63) is 72.9 Å². The molecule has 0 aliphatic carbocycles. The van der Waals surface area contributed by atoms with Crippen molar-refractivity contribution >= 4 is 11.9 Å². The summed E-state index contributed by atoms with van der Waals surface area (Å²) in [5.74, 6) is -0.423. The zero-order valence-electron chi connectivity index (χ0n) is 39.7. The Balaban J connectivity index is 4.30. The maximum absolute atomic E-state index is 12.8. The zero-order chi connectivity index (χ0) is 43.5. The second-order valence-electron chi connectivity index (χ2n) is 16.7. The van der Waals surface area contributed by atoms with E-state index < -0.39 is 6.10 Å². The van der Waals surface area contributed by atoms with Crippen LogP contribution in [0.5, 0.6) is 0 Å². The molecule has 0 bridgehead atoms. The fraction of sp³-hybridized carbons (Fsp3) is 0.745. The fourth-order valence-corrected chi connectivity index (χ4v) is 6.91. The minimum Gasteiger partial charge on any atom is -0.462 e. The van der Waals surface area contributed by atoms with Gasteiger partial charge in [-0.1, -0.05) is 196 Å². The first kappa shape index (κ1) is 57.3. The molecule has 0 N–H and O–H groups in total. The van der Waals surface area contributed by atoms with Gasteiger partial charge in [0.25, 0.3) is 0 Å². The molecule has 0 fully saturated rings. The van der Waals surface area contributed by atoms with Crippen molar-refractivity contribution in [2.75, 3.05) is 19.8 Å². The summed E-state index contributed by atoms with van der Waals surface area (Å²) in [5.41, 5.74) is 0. The van der Waals surface area contributed by atoms with Crippen molar-refractivity contribution in [2.45, 2.75) is 245 Å². The molecule has 0 aliphatic rings. The molecular formula is C55H96O5. The summed E-state index contributed by atoms with van der Waals surface area (Å²) in [6.07, 6.45) is 64.7. The van der Waals surface area contributed by atoms with Crippen molar-refractivity contribution in [1.82, 2.24) is 0 Å². The molecule has 0 spiro atoms. The molecule has 346 valence electrons. The number of rotatable bonds is 46. The lowest BCUT2D eigenvalue weighted by Gasteiger charge is -2.18.